The Kier molecular flexibility index (Phi) is 8.08. The number of nitrogens with one attached hydrogen (secondary N) is 2. The average molecular weight is 563 g/mol. The zero-order valence-corrected chi connectivity index (χ0v) is 23.5. The van der Waals surface area contributed by atoms with Gasteiger partial charge in [-0.15, -0.1) is 0 Å². The summed E-state index contributed by atoms with van der Waals surface area (Å²) in [5, 5.41) is 16.7. The number of anilines is 1. The largest absolute Gasteiger partial charge is 0.476 e. The molecule has 0 fully saturated rings. The minimum atomic E-state index is -4.12. The SMILES string of the molecule is Cc1ccc(-n2nc(C(=O)O)c(C)c2Oc2ccc(NC(=O)c3ccccc3C)cc2S(=O)(=O)NC(C)C)cc1. The van der Waals surface area contributed by atoms with Gasteiger partial charge in [-0.05, 0) is 76.6 Å². The number of carbonyl (C=O) groups is 2. The summed E-state index contributed by atoms with van der Waals surface area (Å²) in [5.41, 5.74) is 2.95. The number of carboxylic acids is 1. The Morgan fingerprint density at radius 1 is 0.975 bits per heavy atom. The van der Waals surface area contributed by atoms with Gasteiger partial charge >= 0.3 is 5.97 Å². The number of hydrogen-bond donors (Lipinski definition) is 3. The number of carbonyl (C=O) groups excluding carboxylic acids is 1. The molecule has 0 aliphatic rings. The van der Waals surface area contributed by atoms with Crippen molar-refractivity contribution in [2.75, 3.05) is 5.32 Å². The van der Waals surface area contributed by atoms with Gasteiger partial charge in [-0.3, -0.25) is 4.79 Å². The van der Waals surface area contributed by atoms with Crippen molar-refractivity contribution in [2.24, 2.45) is 0 Å². The molecular formula is C29H30N4O6S. The van der Waals surface area contributed by atoms with Gasteiger partial charge < -0.3 is 15.2 Å². The molecule has 0 unspecified atom stereocenters. The number of sulfonamides is 1. The summed E-state index contributed by atoms with van der Waals surface area (Å²) in [6.07, 6.45) is 0. The normalized spacial score (nSPS) is 11.4. The zero-order valence-electron chi connectivity index (χ0n) is 22.7. The number of aromatic nitrogens is 2. The van der Waals surface area contributed by atoms with Crippen LogP contribution in [0.4, 0.5) is 5.69 Å². The molecule has 3 aromatic carbocycles. The molecule has 10 nitrogen and oxygen atoms in total. The van der Waals surface area contributed by atoms with Crippen LogP contribution >= 0.6 is 0 Å². The van der Waals surface area contributed by atoms with E-state index in [1.54, 1.807) is 51.1 Å². The lowest BCUT2D eigenvalue weighted by Gasteiger charge is -2.17. The van der Waals surface area contributed by atoms with E-state index in [0.29, 0.717) is 11.3 Å². The maximum atomic E-state index is 13.4. The van der Waals surface area contributed by atoms with Gasteiger partial charge in [-0.2, -0.15) is 9.78 Å². The number of aromatic carboxylic acids is 1. The molecule has 0 saturated carbocycles. The van der Waals surface area contributed by atoms with Gasteiger partial charge in [0.2, 0.25) is 15.9 Å². The van der Waals surface area contributed by atoms with Gasteiger partial charge in [-0.1, -0.05) is 35.9 Å². The van der Waals surface area contributed by atoms with E-state index in [4.69, 9.17) is 4.74 Å². The third-order valence-corrected chi connectivity index (χ3v) is 7.71. The number of hydrogen-bond acceptors (Lipinski definition) is 6. The van der Waals surface area contributed by atoms with E-state index in [-0.39, 0.29) is 33.5 Å². The van der Waals surface area contributed by atoms with Crippen molar-refractivity contribution in [3.8, 4) is 17.3 Å². The van der Waals surface area contributed by atoms with Crippen molar-refractivity contribution in [3.63, 3.8) is 0 Å². The highest BCUT2D eigenvalue weighted by Crippen LogP contribution is 2.35. The lowest BCUT2D eigenvalue weighted by Crippen LogP contribution is -2.30. The van der Waals surface area contributed by atoms with E-state index in [0.717, 1.165) is 11.1 Å². The van der Waals surface area contributed by atoms with Crippen LogP contribution in [0.15, 0.2) is 71.6 Å². The van der Waals surface area contributed by atoms with Crippen LogP contribution in [0.2, 0.25) is 0 Å². The predicted molar refractivity (Wildman–Crippen MR) is 151 cm³/mol. The lowest BCUT2D eigenvalue weighted by atomic mass is 10.1. The molecule has 0 atom stereocenters. The molecule has 11 heteroatoms. The highest BCUT2D eigenvalue weighted by atomic mass is 32.2. The molecule has 0 bridgehead atoms. The number of rotatable bonds is 9. The fraction of sp³-hybridized carbons (Fsp3) is 0.207. The summed E-state index contributed by atoms with van der Waals surface area (Å²) in [5.74, 6) is -1.68. The molecule has 1 amide bonds. The summed E-state index contributed by atoms with van der Waals surface area (Å²) < 4.78 is 36.8. The van der Waals surface area contributed by atoms with Gasteiger partial charge in [0.15, 0.2) is 5.69 Å². The number of nitrogens with zero attached hydrogens (tertiary/aromatic N) is 2. The van der Waals surface area contributed by atoms with Crippen molar-refractivity contribution in [1.82, 2.24) is 14.5 Å². The Hall–Kier alpha value is -4.48. The van der Waals surface area contributed by atoms with Crippen LogP contribution in [-0.2, 0) is 10.0 Å². The second-order valence-corrected chi connectivity index (χ2v) is 11.3. The Balaban J connectivity index is 1.81. The molecule has 1 heterocycles. The molecule has 0 aliphatic carbocycles. The Morgan fingerprint density at radius 3 is 2.27 bits per heavy atom. The quantitative estimate of drug-likeness (QED) is 0.254. The van der Waals surface area contributed by atoms with Crippen molar-refractivity contribution in [3.05, 3.63) is 94.7 Å². The van der Waals surface area contributed by atoms with Crippen molar-refractivity contribution >= 4 is 27.6 Å². The minimum absolute atomic E-state index is 0.0407. The van der Waals surface area contributed by atoms with Crippen LogP contribution in [-0.4, -0.2) is 41.2 Å². The van der Waals surface area contributed by atoms with Crippen LogP contribution in [0.5, 0.6) is 11.6 Å². The molecule has 3 N–H and O–H groups in total. The first kappa shape index (κ1) is 28.5. The maximum Gasteiger partial charge on any atom is 0.356 e. The summed E-state index contributed by atoms with van der Waals surface area (Å²) in [4.78, 5) is 24.6. The second kappa shape index (κ2) is 11.3. The maximum absolute atomic E-state index is 13.4. The van der Waals surface area contributed by atoms with E-state index in [1.807, 2.05) is 25.1 Å². The van der Waals surface area contributed by atoms with Gasteiger partial charge in [0.25, 0.3) is 5.91 Å². The molecule has 0 radical (unpaired) electrons. The van der Waals surface area contributed by atoms with Crippen LogP contribution < -0.4 is 14.8 Å². The van der Waals surface area contributed by atoms with Crippen molar-refractivity contribution in [1.29, 1.82) is 0 Å². The van der Waals surface area contributed by atoms with Gasteiger partial charge in [0, 0.05) is 22.9 Å². The Labute approximate surface area is 232 Å². The number of amides is 1. The zero-order chi connectivity index (χ0) is 29.2. The fourth-order valence-electron chi connectivity index (χ4n) is 4.05. The van der Waals surface area contributed by atoms with Crippen LogP contribution in [0.25, 0.3) is 5.69 Å². The molecule has 4 aromatic rings. The molecule has 4 rings (SSSR count). The Bertz CT molecular complexity index is 1690. The molecule has 40 heavy (non-hydrogen) atoms. The van der Waals surface area contributed by atoms with E-state index >= 15 is 0 Å². The van der Waals surface area contributed by atoms with Gasteiger partial charge in [0.05, 0.1) is 5.69 Å². The van der Waals surface area contributed by atoms with Crippen molar-refractivity contribution in [2.45, 2.75) is 45.6 Å². The van der Waals surface area contributed by atoms with Gasteiger partial charge in [-0.25, -0.2) is 17.9 Å². The minimum Gasteiger partial charge on any atom is -0.476 e. The molecule has 0 spiro atoms. The summed E-state index contributed by atoms with van der Waals surface area (Å²) >= 11 is 0. The van der Waals surface area contributed by atoms with Crippen LogP contribution in [0, 0.1) is 20.8 Å². The highest BCUT2D eigenvalue weighted by Gasteiger charge is 2.27. The number of aryl methyl sites for hydroxylation is 2. The summed E-state index contributed by atoms with van der Waals surface area (Å²) in [7, 11) is -4.12. The third kappa shape index (κ3) is 6.05. The topological polar surface area (TPSA) is 140 Å². The smallest absolute Gasteiger partial charge is 0.356 e. The molecular weight excluding hydrogens is 532 g/mol. The first-order valence-electron chi connectivity index (χ1n) is 12.5. The summed E-state index contributed by atoms with van der Waals surface area (Å²) in [6, 6.07) is 18.0. The standard InChI is InChI=1S/C29H30N4O6S/c1-17(2)32-40(37,38)25-16-21(30-27(34)23-9-7-6-8-19(23)4)12-15-24(25)39-28-20(5)26(29(35)36)31-33(28)22-13-10-18(3)11-14-22/h6-17,32H,1-5H3,(H,30,34)(H,35,36). The second-order valence-electron chi connectivity index (χ2n) is 9.64. The molecule has 1 aromatic heterocycles. The first-order valence-corrected chi connectivity index (χ1v) is 14.0. The highest BCUT2D eigenvalue weighted by molar-refractivity contribution is 7.89. The van der Waals surface area contributed by atoms with Crippen molar-refractivity contribution < 1.29 is 27.9 Å². The lowest BCUT2D eigenvalue weighted by molar-refractivity contribution is 0.0689. The average Bonchev–Trinajstić information content (AvgIpc) is 3.21. The van der Waals surface area contributed by atoms with E-state index in [1.165, 1.54) is 29.8 Å². The van der Waals surface area contributed by atoms with E-state index in [2.05, 4.69) is 15.1 Å². The third-order valence-electron chi connectivity index (χ3n) is 6.03. The molecule has 0 saturated heterocycles. The van der Waals surface area contributed by atoms with E-state index < -0.39 is 27.9 Å². The summed E-state index contributed by atoms with van der Waals surface area (Å²) in [6.45, 7) is 8.61. The Morgan fingerprint density at radius 2 is 1.65 bits per heavy atom. The van der Waals surface area contributed by atoms with Crippen LogP contribution in [0.1, 0.15) is 51.4 Å². The number of ether oxygens (including phenoxy) is 1. The number of benzene rings is 3. The van der Waals surface area contributed by atoms with Gasteiger partial charge in [0.1, 0.15) is 10.6 Å². The van der Waals surface area contributed by atoms with Crippen LogP contribution in [0.3, 0.4) is 0 Å². The predicted octanol–water partition coefficient (Wildman–Crippen LogP) is 5.23. The molecule has 208 valence electrons. The molecule has 0 aliphatic heterocycles. The fourth-order valence-corrected chi connectivity index (χ4v) is 5.45. The first-order chi connectivity index (χ1) is 18.9. The monoisotopic (exact) mass is 562 g/mol. The van der Waals surface area contributed by atoms with E-state index in [9.17, 15) is 23.1 Å². The number of carboxylic acid groups (broad SMARTS) is 1.